The SMILES string of the molecule is CCc1ccc(N2C(=S)N[C@@H](c3ccccn3)[C@@H]2c2cccn2-c2ccc([N+](=O)[O-])cc2)cc1. The topological polar surface area (TPSA) is 76.2 Å². The number of aryl methyl sites for hydroxylation is 1. The summed E-state index contributed by atoms with van der Waals surface area (Å²) in [6.07, 6.45) is 4.71. The lowest BCUT2D eigenvalue weighted by Crippen LogP contribution is -2.30. The van der Waals surface area contributed by atoms with Gasteiger partial charge < -0.3 is 14.8 Å². The highest BCUT2D eigenvalue weighted by Gasteiger charge is 2.42. The molecular weight excluding hydrogens is 446 g/mol. The summed E-state index contributed by atoms with van der Waals surface area (Å²) < 4.78 is 2.05. The normalized spacial score (nSPS) is 17.6. The van der Waals surface area contributed by atoms with E-state index in [0.29, 0.717) is 5.11 Å². The molecule has 2 atom stereocenters. The molecule has 34 heavy (non-hydrogen) atoms. The molecule has 1 N–H and O–H groups in total. The maximum absolute atomic E-state index is 11.1. The van der Waals surface area contributed by atoms with E-state index in [1.165, 1.54) is 17.7 Å². The van der Waals surface area contributed by atoms with Gasteiger partial charge in [-0.3, -0.25) is 15.1 Å². The Bertz CT molecular complexity index is 1320. The van der Waals surface area contributed by atoms with Gasteiger partial charge in [0.2, 0.25) is 0 Å². The van der Waals surface area contributed by atoms with Crippen molar-refractivity contribution in [1.82, 2.24) is 14.9 Å². The summed E-state index contributed by atoms with van der Waals surface area (Å²) in [5.74, 6) is 0. The maximum Gasteiger partial charge on any atom is 0.269 e. The van der Waals surface area contributed by atoms with Gasteiger partial charge in [0.15, 0.2) is 5.11 Å². The van der Waals surface area contributed by atoms with Crippen molar-refractivity contribution < 1.29 is 4.92 Å². The van der Waals surface area contributed by atoms with Crippen LogP contribution in [0.5, 0.6) is 0 Å². The molecule has 5 rings (SSSR count). The second kappa shape index (κ2) is 9.07. The fourth-order valence-corrected chi connectivity index (χ4v) is 4.78. The predicted octanol–water partition coefficient (Wildman–Crippen LogP) is 5.52. The van der Waals surface area contributed by atoms with Gasteiger partial charge in [-0.25, -0.2) is 0 Å². The van der Waals surface area contributed by atoms with Crippen molar-refractivity contribution in [3.05, 3.63) is 118 Å². The lowest BCUT2D eigenvalue weighted by molar-refractivity contribution is -0.384. The highest BCUT2D eigenvalue weighted by molar-refractivity contribution is 7.80. The molecule has 0 spiro atoms. The lowest BCUT2D eigenvalue weighted by atomic mass is 10.0. The number of thiocarbonyl (C=S) groups is 1. The largest absolute Gasteiger partial charge is 0.351 e. The summed E-state index contributed by atoms with van der Waals surface area (Å²) in [7, 11) is 0. The lowest BCUT2D eigenvalue weighted by Gasteiger charge is -2.29. The molecule has 7 nitrogen and oxygen atoms in total. The fraction of sp³-hybridized carbons (Fsp3) is 0.154. The molecule has 4 aromatic rings. The van der Waals surface area contributed by atoms with Crippen LogP contribution in [0.1, 0.15) is 36.0 Å². The van der Waals surface area contributed by atoms with Gasteiger partial charge in [0.05, 0.1) is 16.7 Å². The molecule has 3 heterocycles. The number of non-ortho nitro benzene ring substituents is 1. The highest BCUT2D eigenvalue weighted by atomic mass is 32.1. The van der Waals surface area contributed by atoms with Gasteiger partial charge >= 0.3 is 0 Å². The molecule has 2 aromatic carbocycles. The first-order chi connectivity index (χ1) is 16.6. The molecule has 0 amide bonds. The zero-order chi connectivity index (χ0) is 23.7. The number of aromatic nitrogens is 2. The Labute approximate surface area is 202 Å². The number of nitro benzene ring substituents is 1. The van der Waals surface area contributed by atoms with E-state index < -0.39 is 4.92 Å². The van der Waals surface area contributed by atoms with Crippen molar-refractivity contribution in [2.24, 2.45) is 0 Å². The van der Waals surface area contributed by atoms with E-state index in [-0.39, 0.29) is 17.8 Å². The molecule has 0 aliphatic carbocycles. The van der Waals surface area contributed by atoms with Crippen LogP contribution in [0.3, 0.4) is 0 Å². The number of benzene rings is 2. The quantitative estimate of drug-likeness (QED) is 0.228. The average Bonchev–Trinajstić information content (AvgIpc) is 3.49. The third kappa shape index (κ3) is 3.92. The number of nitrogens with zero attached hydrogens (tertiary/aromatic N) is 4. The smallest absolute Gasteiger partial charge is 0.269 e. The predicted molar refractivity (Wildman–Crippen MR) is 136 cm³/mol. The number of pyridine rings is 1. The van der Waals surface area contributed by atoms with E-state index in [9.17, 15) is 10.1 Å². The number of anilines is 1. The van der Waals surface area contributed by atoms with Crippen LogP contribution < -0.4 is 10.2 Å². The first kappa shape index (κ1) is 21.8. The van der Waals surface area contributed by atoms with E-state index in [4.69, 9.17) is 12.2 Å². The minimum absolute atomic E-state index is 0.0603. The van der Waals surface area contributed by atoms with Crippen LogP contribution in [0.15, 0.2) is 91.3 Å². The van der Waals surface area contributed by atoms with E-state index in [1.54, 1.807) is 18.3 Å². The first-order valence-corrected chi connectivity index (χ1v) is 11.5. The van der Waals surface area contributed by atoms with Gasteiger partial charge in [0.25, 0.3) is 5.69 Å². The van der Waals surface area contributed by atoms with E-state index >= 15 is 0 Å². The van der Waals surface area contributed by atoms with Crippen molar-refractivity contribution >= 4 is 28.7 Å². The highest BCUT2D eigenvalue weighted by Crippen LogP contribution is 2.42. The van der Waals surface area contributed by atoms with E-state index in [2.05, 4.69) is 52.5 Å². The number of nitro groups is 1. The van der Waals surface area contributed by atoms with Crippen LogP contribution in [0, 0.1) is 10.1 Å². The van der Waals surface area contributed by atoms with Crippen LogP contribution in [0.2, 0.25) is 0 Å². The van der Waals surface area contributed by atoms with Gasteiger partial charge in [-0.15, -0.1) is 0 Å². The van der Waals surface area contributed by atoms with Crippen molar-refractivity contribution in [3.63, 3.8) is 0 Å². The molecule has 8 heteroatoms. The summed E-state index contributed by atoms with van der Waals surface area (Å²) in [6.45, 7) is 2.13. The van der Waals surface area contributed by atoms with Gasteiger partial charge in [0.1, 0.15) is 6.04 Å². The molecule has 0 unspecified atom stereocenters. The molecular formula is C26H23N5O2S. The van der Waals surface area contributed by atoms with Crippen molar-refractivity contribution in [1.29, 1.82) is 0 Å². The van der Waals surface area contributed by atoms with Crippen molar-refractivity contribution in [2.75, 3.05) is 4.90 Å². The fourth-order valence-electron chi connectivity index (χ4n) is 4.43. The van der Waals surface area contributed by atoms with Crippen LogP contribution in [-0.4, -0.2) is 19.6 Å². The van der Waals surface area contributed by atoms with Crippen LogP contribution >= 0.6 is 12.2 Å². The minimum atomic E-state index is -0.390. The number of hydrogen-bond acceptors (Lipinski definition) is 4. The average molecular weight is 470 g/mol. The third-order valence-electron chi connectivity index (χ3n) is 6.14. The number of rotatable bonds is 6. The van der Waals surface area contributed by atoms with Gasteiger partial charge in [-0.05, 0) is 72.7 Å². The maximum atomic E-state index is 11.1. The summed E-state index contributed by atoms with van der Waals surface area (Å²) >= 11 is 5.82. The summed E-state index contributed by atoms with van der Waals surface area (Å²) in [5, 5.41) is 15.2. The molecule has 170 valence electrons. The minimum Gasteiger partial charge on any atom is -0.351 e. The Hall–Kier alpha value is -4.04. The molecule has 1 saturated heterocycles. The Morgan fingerprint density at radius 2 is 1.74 bits per heavy atom. The zero-order valence-corrected chi connectivity index (χ0v) is 19.4. The monoisotopic (exact) mass is 469 g/mol. The van der Waals surface area contributed by atoms with Crippen LogP contribution in [-0.2, 0) is 6.42 Å². The Morgan fingerprint density at radius 3 is 2.38 bits per heavy atom. The summed E-state index contributed by atoms with van der Waals surface area (Å²) in [6, 6.07) is 24.6. The van der Waals surface area contributed by atoms with Gasteiger partial charge in [-0.2, -0.15) is 0 Å². The molecule has 1 fully saturated rings. The third-order valence-corrected chi connectivity index (χ3v) is 6.46. The van der Waals surface area contributed by atoms with Gasteiger partial charge in [-0.1, -0.05) is 25.1 Å². The summed E-state index contributed by atoms with van der Waals surface area (Å²) in [5.41, 5.74) is 5.04. The second-order valence-electron chi connectivity index (χ2n) is 8.09. The zero-order valence-electron chi connectivity index (χ0n) is 18.5. The number of hydrogen-bond donors (Lipinski definition) is 1. The number of nitrogens with one attached hydrogen (secondary N) is 1. The molecule has 0 bridgehead atoms. The summed E-state index contributed by atoms with van der Waals surface area (Å²) in [4.78, 5) is 17.5. The Kier molecular flexibility index (Phi) is 5.81. The molecule has 0 radical (unpaired) electrons. The first-order valence-electron chi connectivity index (χ1n) is 11.1. The van der Waals surface area contributed by atoms with E-state index in [0.717, 1.165) is 29.2 Å². The standard InChI is InChI=1S/C26H23N5O2S/c1-2-18-8-10-20(11-9-18)30-25(24(28-26(30)34)22-6-3-4-16-27-22)23-7-5-17-29(23)19-12-14-21(15-13-19)31(32)33/h3-17,24-25H,2H2,1H3,(H,28,34)/t24-,25-/m0/s1. The Morgan fingerprint density at radius 1 is 1.00 bits per heavy atom. The molecule has 1 aliphatic rings. The van der Waals surface area contributed by atoms with Crippen molar-refractivity contribution in [3.8, 4) is 5.69 Å². The van der Waals surface area contributed by atoms with E-state index in [1.807, 2.05) is 35.0 Å². The van der Waals surface area contributed by atoms with Gasteiger partial charge in [0, 0.05) is 41.6 Å². The Balaban J connectivity index is 1.62. The van der Waals surface area contributed by atoms with Crippen LogP contribution in [0.25, 0.3) is 5.69 Å². The second-order valence-corrected chi connectivity index (χ2v) is 8.48. The molecule has 0 saturated carbocycles. The van der Waals surface area contributed by atoms with Crippen molar-refractivity contribution in [2.45, 2.75) is 25.4 Å². The molecule has 1 aliphatic heterocycles. The van der Waals surface area contributed by atoms with Crippen LogP contribution in [0.4, 0.5) is 11.4 Å². The molecule has 2 aromatic heterocycles.